The Morgan fingerprint density at radius 3 is 2.61 bits per heavy atom. The zero-order valence-corrected chi connectivity index (χ0v) is 11.5. The maximum atomic E-state index is 11.8. The molecule has 100 valence electrons. The van der Waals surface area contributed by atoms with Gasteiger partial charge < -0.3 is 16.2 Å². The van der Waals surface area contributed by atoms with Crippen molar-refractivity contribution in [2.24, 2.45) is 11.7 Å². The summed E-state index contributed by atoms with van der Waals surface area (Å²) in [5, 5.41) is 14.2. The van der Waals surface area contributed by atoms with Crippen molar-refractivity contribution in [3.63, 3.8) is 0 Å². The SMILES string of the molecule is CC(C)C(C)(O)CNC(=O)c1cc(C(N)=O)cs1. The summed E-state index contributed by atoms with van der Waals surface area (Å²) in [5.74, 6) is -0.838. The normalized spacial score (nSPS) is 14.3. The van der Waals surface area contributed by atoms with Crippen molar-refractivity contribution in [2.75, 3.05) is 6.54 Å². The fraction of sp³-hybridized carbons (Fsp3) is 0.500. The third kappa shape index (κ3) is 3.54. The van der Waals surface area contributed by atoms with E-state index in [1.54, 1.807) is 6.92 Å². The number of carbonyl (C=O) groups is 2. The minimum atomic E-state index is -0.959. The molecule has 0 saturated carbocycles. The lowest BCUT2D eigenvalue weighted by Gasteiger charge is -2.27. The van der Waals surface area contributed by atoms with Crippen LogP contribution in [0.2, 0.25) is 0 Å². The van der Waals surface area contributed by atoms with Gasteiger partial charge in [-0.15, -0.1) is 11.3 Å². The van der Waals surface area contributed by atoms with Crippen molar-refractivity contribution in [3.05, 3.63) is 21.9 Å². The van der Waals surface area contributed by atoms with Crippen LogP contribution in [0.25, 0.3) is 0 Å². The van der Waals surface area contributed by atoms with Crippen LogP contribution >= 0.6 is 11.3 Å². The van der Waals surface area contributed by atoms with Gasteiger partial charge in [-0.1, -0.05) is 13.8 Å². The summed E-state index contributed by atoms with van der Waals surface area (Å²) < 4.78 is 0. The summed E-state index contributed by atoms with van der Waals surface area (Å²) in [6, 6.07) is 1.45. The van der Waals surface area contributed by atoms with Crippen LogP contribution in [-0.2, 0) is 0 Å². The molecule has 1 unspecified atom stereocenters. The van der Waals surface area contributed by atoms with Crippen LogP contribution in [0.4, 0.5) is 0 Å². The second-order valence-corrected chi connectivity index (χ2v) is 5.67. The predicted molar refractivity (Wildman–Crippen MR) is 70.6 cm³/mol. The van der Waals surface area contributed by atoms with E-state index in [-0.39, 0.29) is 18.4 Å². The maximum absolute atomic E-state index is 11.8. The number of thiophene rings is 1. The van der Waals surface area contributed by atoms with Gasteiger partial charge in [0.1, 0.15) is 0 Å². The lowest BCUT2D eigenvalue weighted by Crippen LogP contribution is -2.44. The molecule has 0 spiro atoms. The van der Waals surface area contributed by atoms with E-state index in [0.717, 1.165) is 11.3 Å². The number of rotatable bonds is 5. The number of carbonyl (C=O) groups excluding carboxylic acids is 2. The molecule has 1 heterocycles. The number of nitrogens with two attached hydrogens (primary N) is 1. The summed E-state index contributed by atoms with van der Waals surface area (Å²) in [5.41, 5.74) is 4.47. The van der Waals surface area contributed by atoms with Gasteiger partial charge in [-0.05, 0) is 18.9 Å². The second-order valence-electron chi connectivity index (χ2n) is 4.76. The molecule has 4 N–H and O–H groups in total. The minimum Gasteiger partial charge on any atom is -0.388 e. The highest BCUT2D eigenvalue weighted by Crippen LogP contribution is 2.17. The van der Waals surface area contributed by atoms with Crippen LogP contribution in [-0.4, -0.2) is 29.1 Å². The van der Waals surface area contributed by atoms with Crippen LogP contribution < -0.4 is 11.1 Å². The first kappa shape index (κ1) is 14.7. The molecule has 0 saturated heterocycles. The van der Waals surface area contributed by atoms with Crippen LogP contribution in [0.15, 0.2) is 11.4 Å². The Morgan fingerprint density at radius 1 is 1.56 bits per heavy atom. The molecule has 2 amide bonds. The van der Waals surface area contributed by atoms with Crippen LogP contribution in [0, 0.1) is 5.92 Å². The van der Waals surface area contributed by atoms with Crippen molar-refractivity contribution in [1.29, 1.82) is 0 Å². The molecule has 6 heteroatoms. The third-order valence-electron chi connectivity index (χ3n) is 2.96. The molecular formula is C12H18N2O3S. The van der Waals surface area contributed by atoms with Gasteiger partial charge in [-0.25, -0.2) is 0 Å². The smallest absolute Gasteiger partial charge is 0.261 e. The maximum Gasteiger partial charge on any atom is 0.261 e. The number of primary amides is 1. The summed E-state index contributed by atoms with van der Waals surface area (Å²) in [6.07, 6.45) is 0. The van der Waals surface area contributed by atoms with E-state index in [1.807, 2.05) is 13.8 Å². The molecule has 0 radical (unpaired) electrons. The summed E-state index contributed by atoms with van der Waals surface area (Å²) in [6.45, 7) is 5.58. The largest absolute Gasteiger partial charge is 0.388 e. The van der Waals surface area contributed by atoms with Gasteiger partial charge in [0.15, 0.2) is 0 Å². The fourth-order valence-corrected chi connectivity index (χ4v) is 1.95. The number of hydrogen-bond acceptors (Lipinski definition) is 4. The zero-order chi connectivity index (χ0) is 13.9. The van der Waals surface area contributed by atoms with Crippen molar-refractivity contribution in [1.82, 2.24) is 5.32 Å². The van der Waals surface area contributed by atoms with E-state index in [1.165, 1.54) is 11.4 Å². The highest BCUT2D eigenvalue weighted by atomic mass is 32.1. The monoisotopic (exact) mass is 270 g/mol. The Kier molecular flexibility index (Phi) is 4.48. The van der Waals surface area contributed by atoms with Gasteiger partial charge in [0.05, 0.1) is 16.0 Å². The van der Waals surface area contributed by atoms with Crippen molar-refractivity contribution in [3.8, 4) is 0 Å². The van der Waals surface area contributed by atoms with Crippen molar-refractivity contribution in [2.45, 2.75) is 26.4 Å². The van der Waals surface area contributed by atoms with Gasteiger partial charge in [-0.3, -0.25) is 9.59 Å². The van der Waals surface area contributed by atoms with Crippen LogP contribution in [0.1, 0.15) is 40.8 Å². The molecule has 0 fully saturated rings. The standard InChI is InChI=1S/C12H18N2O3S/c1-7(2)12(3,17)6-14-11(16)9-4-8(5-18-9)10(13)15/h4-5,7,17H,6H2,1-3H3,(H2,13,15)(H,14,16). The molecule has 0 aliphatic heterocycles. The van der Waals surface area contributed by atoms with E-state index >= 15 is 0 Å². The lowest BCUT2D eigenvalue weighted by atomic mass is 9.92. The highest BCUT2D eigenvalue weighted by molar-refractivity contribution is 7.12. The molecule has 0 bridgehead atoms. The van der Waals surface area contributed by atoms with Gasteiger partial charge >= 0.3 is 0 Å². The van der Waals surface area contributed by atoms with E-state index in [9.17, 15) is 14.7 Å². The van der Waals surface area contributed by atoms with Gasteiger partial charge in [-0.2, -0.15) is 0 Å². The molecule has 18 heavy (non-hydrogen) atoms. The summed E-state index contributed by atoms with van der Waals surface area (Å²) in [4.78, 5) is 23.1. The third-order valence-corrected chi connectivity index (χ3v) is 3.89. The lowest BCUT2D eigenvalue weighted by molar-refractivity contribution is 0.0143. The second kappa shape index (κ2) is 5.49. The Balaban J connectivity index is 2.63. The van der Waals surface area contributed by atoms with Gasteiger partial charge in [0.2, 0.25) is 5.91 Å². The first-order valence-corrected chi connectivity index (χ1v) is 6.51. The Hall–Kier alpha value is -1.40. The quantitative estimate of drug-likeness (QED) is 0.744. The summed E-state index contributed by atoms with van der Waals surface area (Å²) >= 11 is 1.15. The van der Waals surface area contributed by atoms with Crippen molar-refractivity contribution < 1.29 is 14.7 Å². The number of amides is 2. The Bertz CT molecular complexity index is 452. The molecule has 5 nitrogen and oxygen atoms in total. The molecular weight excluding hydrogens is 252 g/mol. The van der Waals surface area contributed by atoms with E-state index < -0.39 is 11.5 Å². The van der Waals surface area contributed by atoms with Crippen LogP contribution in [0.3, 0.4) is 0 Å². The molecule has 1 rings (SSSR count). The Morgan fingerprint density at radius 2 is 2.17 bits per heavy atom. The zero-order valence-electron chi connectivity index (χ0n) is 10.7. The summed E-state index contributed by atoms with van der Waals surface area (Å²) in [7, 11) is 0. The highest BCUT2D eigenvalue weighted by Gasteiger charge is 2.25. The van der Waals surface area contributed by atoms with E-state index in [4.69, 9.17) is 5.73 Å². The number of aliphatic hydroxyl groups is 1. The first-order chi connectivity index (χ1) is 8.24. The molecule has 0 aliphatic carbocycles. The van der Waals surface area contributed by atoms with E-state index in [0.29, 0.717) is 10.4 Å². The average molecular weight is 270 g/mol. The topological polar surface area (TPSA) is 92.4 Å². The van der Waals surface area contributed by atoms with E-state index in [2.05, 4.69) is 5.32 Å². The van der Waals surface area contributed by atoms with Gasteiger partial charge in [0.25, 0.3) is 5.91 Å². The molecule has 1 aromatic rings. The van der Waals surface area contributed by atoms with Crippen LogP contribution in [0.5, 0.6) is 0 Å². The molecule has 1 atom stereocenters. The van der Waals surface area contributed by atoms with Crippen molar-refractivity contribution >= 4 is 23.2 Å². The molecule has 0 aromatic carbocycles. The Labute approximate surface area is 110 Å². The molecule has 1 aromatic heterocycles. The average Bonchev–Trinajstić information content (AvgIpc) is 2.75. The number of hydrogen-bond donors (Lipinski definition) is 3. The molecule has 0 aliphatic rings. The minimum absolute atomic E-state index is 0.0299. The number of nitrogens with one attached hydrogen (secondary N) is 1. The fourth-order valence-electron chi connectivity index (χ4n) is 1.13. The first-order valence-electron chi connectivity index (χ1n) is 5.63. The van der Waals surface area contributed by atoms with Gasteiger partial charge in [0, 0.05) is 11.9 Å². The predicted octanol–water partition coefficient (Wildman–Crippen LogP) is 0.984.